The third-order valence-electron chi connectivity index (χ3n) is 2.20. The SMILES string of the molecule is CC(C)CNc1ccc(S(N)(=O)=O)cc1[N+](=O)[O-]. The molecule has 0 unspecified atom stereocenters. The van der Waals surface area contributed by atoms with E-state index < -0.39 is 14.9 Å². The summed E-state index contributed by atoms with van der Waals surface area (Å²) in [6.45, 7) is 4.46. The van der Waals surface area contributed by atoms with Gasteiger partial charge in [0.2, 0.25) is 10.0 Å². The zero-order valence-corrected chi connectivity index (χ0v) is 10.9. The van der Waals surface area contributed by atoms with E-state index in [1.54, 1.807) is 0 Å². The van der Waals surface area contributed by atoms with Crippen molar-refractivity contribution in [1.82, 2.24) is 0 Å². The van der Waals surface area contributed by atoms with Gasteiger partial charge in [-0.2, -0.15) is 0 Å². The van der Waals surface area contributed by atoms with Crippen LogP contribution in [-0.2, 0) is 10.0 Å². The highest BCUT2D eigenvalue weighted by atomic mass is 32.2. The van der Waals surface area contributed by atoms with E-state index in [1.165, 1.54) is 12.1 Å². The normalized spacial score (nSPS) is 11.6. The minimum atomic E-state index is -3.94. The van der Waals surface area contributed by atoms with E-state index in [-0.39, 0.29) is 16.3 Å². The van der Waals surface area contributed by atoms with E-state index in [0.717, 1.165) is 6.07 Å². The van der Waals surface area contributed by atoms with Crippen molar-refractivity contribution < 1.29 is 13.3 Å². The Morgan fingerprint density at radius 3 is 2.50 bits per heavy atom. The van der Waals surface area contributed by atoms with Gasteiger partial charge in [0.25, 0.3) is 5.69 Å². The second-order valence-corrected chi connectivity index (χ2v) is 5.82. The molecular weight excluding hydrogens is 258 g/mol. The molecule has 1 aromatic rings. The quantitative estimate of drug-likeness (QED) is 0.620. The fraction of sp³-hybridized carbons (Fsp3) is 0.400. The van der Waals surface area contributed by atoms with Gasteiger partial charge in [-0.25, -0.2) is 13.6 Å². The first-order valence-electron chi connectivity index (χ1n) is 5.27. The van der Waals surface area contributed by atoms with Crippen LogP contribution in [0.5, 0.6) is 0 Å². The summed E-state index contributed by atoms with van der Waals surface area (Å²) in [5.41, 5.74) is -0.0247. The summed E-state index contributed by atoms with van der Waals surface area (Å²) in [7, 11) is -3.94. The number of sulfonamides is 1. The molecule has 0 aliphatic rings. The van der Waals surface area contributed by atoms with Crippen LogP contribution in [0, 0.1) is 16.0 Å². The van der Waals surface area contributed by atoms with Crippen molar-refractivity contribution in [2.24, 2.45) is 11.1 Å². The zero-order valence-electron chi connectivity index (χ0n) is 10.1. The van der Waals surface area contributed by atoms with Crippen LogP contribution in [0.15, 0.2) is 23.1 Å². The number of nitrogens with zero attached hydrogens (tertiary/aromatic N) is 1. The molecule has 0 spiro atoms. The first kappa shape index (κ1) is 14.4. The van der Waals surface area contributed by atoms with E-state index in [2.05, 4.69) is 5.32 Å². The molecule has 0 amide bonds. The van der Waals surface area contributed by atoms with Gasteiger partial charge < -0.3 is 5.32 Å². The van der Waals surface area contributed by atoms with Crippen molar-refractivity contribution in [2.45, 2.75) is 18.7 Å². The van der Waals surface area contributed by atoms with Crippen LogP contribution in [0.3, 0.4) is 0 Å². The number of hydrogen-bond acceptors (Lipinski definition) is 5. The fourth-order valence-corrected chi connectivity index (χ4v) is 1.84. The molecule has 0 atom stereocenters. The van der Waals surface area contributed by atoms with Crippen LogP contribution in [0.1, 0.15) is 13.8 Å². The van der Waals surface area contributed by atoms with Gasteiger partial charge in [0, 0.05) is 12.6 Å². The van der Waals surface area contributed by atoms with Crippen molar-refractivity contribution in [2.75, 3.05) is 11.9 Å². The Labute approximate surface area is 105 Å². The highest BCUT2D eigenvalue weighted by Gasteiger charge is 2.18. The van der Waals surface area contributed by atoms with Crippen LogP contribution in [0.4, 0.5) is 11.4 Å². The van der Waals surface area contributed by atoms with Gasteiger partial charge in [-0.05, 0) is 18.1 Å². The maximum atomic E-state index is 11.1. The largest absolute Gasteiger partial charge is 0.379 e. The predicted molar refractivity (Wildman–Crippen MR) is 67.8 cm³/mol. The lowest BCUT2D eigenvalue weighted by molar-refractivity contribution is -0.384. The molecule has 1 rings (SSSR count). The molecule has 0 aromatic heterocycles. The fourth-order valence-electron chi connectivity index (χ4n) is 1.30. The number of nitro groups is 1. The van der Waals surface area contributed by atoms with Crippen molar-refractivity contribution in [3.8, 4) is 0 Å². The van der Waals surface area contributed by atoms with Crippen molar-refractivity contribution >= 4 is 21.4 Å². The molecule has 100 valence electrons. The summed E-state index contributed by atoms with van der Waals surface area (Å²) < 4.78 is 22.2. The number of rotatable bonds is 5. The Balaban J connectivity index is 3.17. The van der Waals surface area contributed by atoms with Gasteiger partial charge in [0.05, 0.1) is 9.82 Å². The van der Waals surface area contributed by atoms with Crippen molar-refractivity contribution in [3.05, 3.63) is 28.3 Å². The molecule has 0 fully saturated rings. The molecule has 7 nitrogen and oxygen atoms in total. The van der Waals surface area contributed by atoms with Crippen LogP contribution < -0.4 is 10.5 Å². The van der Waals surface area contributed by atoms with E-state index in [1.807, 2.05) is 13.8 Å². The molecule has 0 aliphatic carbocycles. The van der Waals surface area contributed by atoms with Crippen LogP contribution in [-0.4, -0.2) is 19.9 Å². The Hall–Kier alpha value is -1.67. The topological polar surface area (TPSA) is 115 Å². The standard InChI is InChI=1S/C10H15N3O4S/c1-7(2)6-12-9-4-3-8(18(11,16)17)5-10(9)13(14)15/h3-5,7,12H,6H2,1-2H3,(H2,11,16,17). The summed E-state index contributed by atoms with van der Waals surface area (Å²) in [6.07, 6.45) is 0. The number of nitrogens with two attached hydrogens (primary N) is 1. The number of anilines is 1. The van der Waals surface area contributed by atoms with Crippen LogP contribution in [0.25, 0.3) is 0 Å². The Morgan fingerprint density at radius 1 is 1.44 bits per heavy atom. The smallest absolute Gasteiger partial charge is 0.293 e. The summed E-state index contributed by atoms with van der Waals surface area (Å²) in [6, 6.07) is 3.54. The van der Waals surface area contributed by atoms with Gasteiger partial charge in [0.1, 0.15) is 5.69 Å². The number of nitro benzene ring substituents is 1. The molecule has 18 heavy (non-hydrogen) atoms. The highest BCUT2D eigenvalue weighted by molar-refractivity contribution is 7.89. The number of nitrogens with one attached hydrogen (secondary N) is 1. The molecule has 0 aliphatic heterocycles. The highest BCUT2D eigenvalue weighted by Crippen LogP contribution is 2.27. The summed E-state index contributed by atoms with van der Waals surface area (Å²) in [5, 5.41) is 18.7. The lowest BCUT2D eigenvalue weighted by Gasteiger charge is -2.10. The Kier molecular flexibility index (Phi) is 4.25. The molecule has 1 aromatic carbocycles. The molecule has 3 N–H and O–H groups in total. The molecule has 0 saturated heterocycles. The van der Waals surface area contributed by atoms with Crippen molar-refractivity contribution in [3.63, 3.8) is 0 Å². The van der Waals surface area contributed by atoms with Crippen LogP contribution >= 0.6 is 0 Å². The third-order valence-corrected chi connectivity index (χ3v) is 3.11. The summed E-state index contributed by atoms with van der Waals surface area (Å²) >= 11 is 0. The van der Waals surface area contributed by atoms with Gasteiger partial charge in [-0.15, -0.1) is 0 Å². The molecule has 0 bridgehead atoms. The minimum absolute atomic E-state index is 0.274. The van der Waals surface area contributed by atoms with Gasteiger partial charge in [-0.3, -0.25) is 10.1 Å². The first-order chi connectivity index (χ1) is 8.21. The molecular formula is C10H15N3O4S. The Bertz CT molecular complexity index is 554. The lowest BCUT2D eigenvalue weighted by atomic mass is 10.2. The average molecular weight is 273 g/mol. The second kappa shape index (κ2) is 5.32. The third kappa shape index (κ3) is 3.67. The van der Waals surface area contributed by atoms with Crippen molar-refractivity contribution in [1.29, 1.82) is 0 Å². The minimum Gasteiger partial charge on any atom is -0.379 e. The monoisotopic (exact) mass is 273 g/mol. The molecule has 0 heterocycles. The number of primary sulfonamides is 1. The lowest BCUT2D eigenvalue weighted by Crippen LogP contribution is -2.14. The Morgan fingerprint density at radius 2 is 2.06 bits per heavy atom. The molecule has 0 saturated carbocycles. The number of benzene rings is 1. The van der Waals surface area contributed by atoms with Gasteiger partial charge in [0.15, 0.2) is 0 Å². The first-order valence-corrected chi connectivity index (χ1v) is 6.81. The number of hydrogen-bond donors (Lipinski definition) is 2. The summed E-state index contributed by atoms with van der Waals surface area (Å²) in [4.78, 5) is 9.96. The summed E-state index contributed by atoms with van der Waals surface area (Å²) in [5.74, 6) is 0.308. The van der Waals surface area contributed by atoms with Crippen LogP contribution in [0.2, 0.25) is 0 Å². The van der Waals surface area contributed by atoms with Gasteiger partial charge >= 0.3 is 0 Å². The van der Waals surface area contributed by atoms with E-state index in [4.69, 9.17) is 5.14 Å². The predicted octanol–water partition coefficient (Wildman–Crippen LogP) is 1.31. The maximum Gasteiger partial charge on any atom is 0.293 e. The zero-order chi connectivity index (χ0) is 13.9. The second-order valence-electron chi connectivity index (χ2n) is 4.26. The van der Waals surface area contributed by atoms with E-state index in [9.17, 15) is 18.5 Å². The molecule has 0 radical (unpaired) electrons. The average Bonchev–Trinajstić information content (AvgIpc) is 2.24. The van der Waals surface area contributed by atoms with Gasteiger partial charge in [-0.1, -0.05) is 13.8 Å². The van der Waals surface area contributed by atoms with E-state index in [0.29, 0.717) is 12.5 Å². The molecule has 8 heteroatoms. The van der Waals surface area contributed by atoms with E-state index >= 15 is 0 Å². The maximum absolute atomic E-state index is 11.1.